The first-order valence-electron chi connectivity index (χ1n) is 4.69. The number of carbonyl (C=O) groups excluding carboxylic acids is 1. The molecule has 2 nitrogen and oxygen atoms in total. The summed E-state index contributed by atoms with van der Waals surface area (Å²) in [5.41, 5.74) is 2.68. The monoisotopic (exact) mass is 188 g/mol. The Morgan fingerprint density at radius 3 is 2.57 bits per heavy atom. The van der Waals surface area contributed by atoms with Crippen LogP contribution in [0.3, 0.4) is 0 Å². The van der Waals surface area contributed by atoms with Gasteiger partial charge in [-0.3, -0.25) is 4.79 Å². The molecule has 0 aromatic heterocycles. The van der Waals surface area contributed by atoms with Crippen LogP contribution in [0.5, 0.6) is 0 Å². The van der Waals surface area contributed by atoms with Crippen LogP contribution in [-0.2, 0) is 4.74 Å². The zero-order chi connectivity index (χ0) is 9.97. The Labute approximate surface area is 83.2 Å². The highest BCUT2D eigenvalue weighted by molar-refractivity contribution is 6.08. The number of benzene rings is 1. The fraction of sp³-hybridized carbons (Fsp3) is 0.250. The zero-order valence-corrected chi connectivity index (χ0v) is 8.12. The summed E-state index contributed by atoms with van der Waals surface area (Å²) >= 11 is 0. The predicted molar refractivity (Wildman–Crippen MR) is 54.2 cm³/mol. The summed E-state index contributed by atoms with van der Waals surface area (Å²) in [5.74, 6) is 0.0856. The molecule has 0 spiro atoms. The standard InChI is InChI=1S/C12H12O2/c1-9-2-4-10(5-3-9)12(13)11-6-7-14-8-11/h2-5,8H,6-7H2,1H3. The number of ether oxygens (including phenoxy) is 1. The molecule has 0 aliphatic carbocycles. The lowest BCUT2D eigenvalue weighted by Crippen LogP contribution is -2.01. The minimum Gasteiger partial charge on any atom is -0.500 e. The normalized spacial score (nSPS) is 14.8. The molecule has 72 valence electrons. The SMILES string of the molecule is Cc1ccc(C(=O)C2=COCC2)cc1. The maximum absolute atomic E-state index is 11.8. The average Bonchev–Trinajstić information content (AvgIpc) is 2.71. The average molecular weight is 188 g/mol. The Kier molecular flexibility index (Phi) is 2.35. The van der Waals surface area contributed by atoms with Gasteiger partial charge in [0.2, 0.25) is 0 Å². The Morgan fingerprint density at radius 1 is 1.29 bits per heavy atom. The summed E-state index contributed by atoms with van der Waals surface area (Å²) in [5, 5.41) is 0. The third-order valence-corrected chi connectivity index (χ3v) is 2.32. The van der Waals surface area contributed by atoms with E-state index >= 15 is 0 Å². The molecule has 1 aliphatic heterocycles. The van der Waals surface area contributed by atoms with Gasteiger partial charge in [0.1, 0.15) is 0 Å². The third-order valence-electron chi connectivity index (χ3n) is 2.32. The maximum atomic E-state index is 11.8. The van der Waals surface area contributed by atoms with E-state index in [-0.39, 0.29) is 5.78 Å². The van der Waals surface area contributed by atoms with E-state index < -0.39 is 0 Å². The maximum Gasteiger partial charge on any atom is 0.192 e. The van der Waals surface area contributed by atoms with Crippen molar-refractivity contribution in [1.82, 2.24) is 0 Å². The van der Waals surface area contributed by atoms with Crippen LogP contribution in [0.4, 0.5) is 0 Å². The molecule has 0 amide bonds. The van der Waals surface area contributed by atoms with Gasteiger partial charge >= 0.3 is 0 Å². The van der Waals surface area contributed by atoms with E-state index in [1.807, 2.05) is 31.2 Å². The topological polar surface area (TPSA) is 26.3 Å². The largest absolute Gasteiger partial charge is 0.500 e. The molecule has 0 saturated carbocycles. The number of aryl methyl sites for hydroxylation is 1. The highest BCUT2D eigenvalue weighted by Crippen LogP contribution is 2.16. The van der Waals surface area contributed by atoms with Gasteiger partial charge in [0.25, 0.3) is 0 Å². The molecule has 0 saturated heterocycles. The zero-order valence-electron chi connectivity index (χ0n) is 8.12. The highest BCUT2D eigenvalue weighted by atomic mass is 16.5. The fourth-order valence-electron chi connectivity index (χ4n) is 1.44. The molecule has 0 N–H and O–H groups in total. The van der Waals surface area contributed by atoms with Gasteiger partial charge in [-0.25, -0.2) is 0 Å². The van der Waals surface area contributed by atoms with Crippen molar-refractivity contribution in [3.05, 3.63) is 47.2 Å². The Hall–Kier alpha value is -1.57. The molecule has 0 radical (unpaired) electrons. The predicted octanol–water partition coefficient (Wildman–Crippen LogP) is 2.48. The van der Waals surface area contributed by atoms with Gasteiger partial charge in [-0.05, 0) is 6.92 Å². The van der Waals surface area contributed by atoms with Crippen molar-refractivity contribution in [2.24, 2.45) is 0 Å². The summed E-state index contributed by atoms with van der Waals surface area (Å²) in [6.07, 6.45) is 2.30. The van der Waals surface area contributed by atoms with Crippen molar-refractivity contribution in [3.8, 4) is 0 Å². The molecule has 2 heteroatoms. The molecular formula is C12H12O2. The summed E-state index contributed by atoms with van der Waals surface area (Å²) < 4.78 is 5.04. The number of rotatable bonds is 2. The molecule has 1 aliphatic rings. The van der Waals surface area contributed by atoms with Gasteiger partial charge < -0.3 is 4.74 Å². The summed E-state index contributed by atoms with van der Waals surface area (Å²) in [6, 6.07) is 7.61. The fourth-order valence-corrected chi connectivity index (χ4v) is 1.44. The lowest BCUT2D eigenvalue weighted by molar-refractivity contribution is 0.103. The van der Waals surface area contributed by atoms with Crippen LogP contribution in [0.1, 0.15) is 22.3 Å². The first-order chi connectivity index (χ1) is 6.77. The molecule has 1 heterocycles. The first kappa shape index (κ1) is 9.00. The molecule has 0 atom stereocenters. The van der Waals surface area contributed by atoms with E-state index in [9.17, 15) is 4.79 Å². The minimum absolute atomic E-state index is 0.0856. The van der Waals surface area contributed by atoms with Crippen molar-refractivity contribution in [2.45, 2.75) is 13.3 Å². The Bertz CT molecular complexity index is 374. The molecule has 1 aromatic rings. The van der Waals surface area contributed by atoms with E-state index in [1.165, 1.54) is 5.56 Å². The third kappa shape index (κ3) is 1.69. The van der Waals surface area contributed by atoms with Gasteiger partial charge in [0.05, 0.1) is 12.9 Å². The molecule has 0 unspecified atom stereocenters. The van der Waals surface area contributed by atoms with Crippen LogP contribution in [0, 0.1) is 6.92 Å². The van der Waals surface area contributed by atoms with Gasteiger partial charge in [0.15, 0.2) is 5.78 Å². The van der Waals surface area contributed by atoms with Crippen LogP contribution in [-0.4, -0.2) is 12.4 Å². The number of hydrogen-bond donors (Lipinski definition) is 0. The van der Waals surface area contributed by atoms with E-state index in [2.05, 4.69) is 0 Å². The smallest absolute Gasteiger partial charge is 0.192 e. The second-order valence-corrected chi connectivity index (χ2v) is 3.46. The lowest BCUT2D eigenvalue weighted by atomic mass is 10.0. The van der Waals surface area contributed by atoms with Crippen LogP contribution in [0.25, 0.3) is 0 Å². The summed E-state index contributed by atoms with van der Waals surface area (Å²) in [7, 11) is 0. The van der Waals surface area contributed by atoms with Crippen LogP contribution in [0.15, 0.2) is 36.1 Å². The van der Waals surface area contributed by atoms with Gasteiger partial charge in [0, 0.05) is 17.6 Å². The lowest BCUT2D eigenvalue weighted by Gasteiger charge is -2.00. The summed E-state index contributed by atoms with van der Waals surface area (Å²) in [4.78, 5) is 11.8. The van der Waals surface area contributed by atoms with Crippen molar-refractivity contribution >= 4 is 5.78 Å². The molecular weight excluding hydrogens is 176 g/mol. The van der Waals surface area contributed by atoms with E-state index in [4.69, 9.17) is 4.74 Å². The Balaban J connectivity index is 2.22. The first-order valence-corrected chi connectivity index (χ1v) is 4.69. The highest BCUT2D eigenvalue weighted by Gasteiger charge is 2.15. The van der Waals surface area contributed by atoms with E-state index in [0.29, 0.717) is 6.61 Å². The number of carbonyl (C=O) groups is 1. The molecule has 0 bridgehead atoms. The minimum atomic E-state index is 0.0856. The van der Waals surface area contributed by atoms with Crippen molar-refractivity contribution in [3.63, 3.8) is 0 Å². The van der Waals surface area contributed by atoms with Crippen molar-refractivity contribution < 1.29 is 9.53 Å². The Morgan fingerprint density at radius 2 is 2.00 bits per heavy atom. The molecule has 1 aromatic carbocycles. The molecule has 0 fully saturated rings. The second kappa shape index (κ2) is 3.66. The quantitative estimate of drug-likeness (QED) is 0.666. The van der Waals surface area contributed by atoms with Crippen LogP contribution < -0.4 is 0 Å². The van der Waals surface area contributed by atoms with Crippen molar-refractivity contribution in [2.75, 3.05) is 6.61 Å². The van der Waals surface area contributed by atoms with E-state index in [1.54, 1.807) is 6.26 Å². The number of ketones is 1. The number of Topliss-reactive ketones (excluding diaryl/α,β-unsaturated/α-hetero) is 1. The molecule has 14 heavy (non-hydrogen) atoms. The van der Waals surface area contributed by atoms with E-state index in [0.717, 1.165) is 17.6 Å². The number of hydrogen-bond acceptors (Lipinski definition) is 2. The summed E-state index contributed by atoms with van der Waals surface area (Å²) in [6.45, 7) is 2.64. The second-order valence-electron chi connectivity index (χ2n) is 3.46. The van der Waals surface area contributed by atoms with Crippen molar-refractivity contribution in [1.29, 1.82) is 0 Å². The van der Waals surface area contributed by atoms with Gasteiger partial charge in [-0.1, -0.05) is 29.8 Å². The van der Waals surface area contributed by atoms with Gasteiger partial charge in [-0.2, -0.15) is 0 Å². The molecule has 2 rings (SSSR count). The van der Waals surface area contributed by atoms with Gasteiger partial charge in [-0.15, -0.1) is 0 Å². The van der Waals surface area contributed by atoms with Crippen LogP contribution in [0.2, 0.25) is 0 Å². The van der Waals surface area contributed by atoms with Crippen LogP contribution >= 0.6 is 0 Å².